The highest BCUT2D eigenvalue weighted by Crippen LogP contribution is 2.15. The normalized spacial score (nSPS) is 10.5. The number of methoxy groups -OCH3 is 1. The molecule has 3 aromatic carbocycles. The minimum Gasteiger partial charge on any atom is -0.489 e. The number of hydrogen-bond donors (Lipinski definition) is 2. The largest absolute Gasteiger partial charge is 0.489 e. The highest BCUT2D eigenvalue weighted by molar-refractivity contribution is 5.91. The molecule has 0 radical (unpaired) electrons. The van der Waals surface area contributed by atoms with Gasteiger partial charge < -0.3 is 14.8 Å². The molecule has 3 rings (SSSR count). The van der Waals surface area contributed by atoms with Crippen LogP contribution in [0, 0.1) is 0 Å². The quantitative estimate of drug-likeness (QED) is 0.519. The van der Waals surface area contributed by atoms with Crippen LogP contribution in [-0.4, -0.2) is 19.1 Å². The number of amides is 2. The van der Waals surface area contributed by atoms with E-state index in [1.54, 1.807) is 18.2 Å². The molecule has 0 saturated carbocycles. The van der Waals surface area contributed by atoms with Crippen molar-refractivity contribution in [1.82, 2.24) is 5.32 Å². The zero-order chi connectivity index (χ0) is 21.9. The maximum absolute atomic E-state index is 12.1. The van der Waals surface area contributed by atoms with Crippen molar-refractivity contribution in [3.63, 3.8) is 0 Å². The Morgan fingerprint density at radius 1 is 0.871 bits per heavy atom. The van der Waals surface area contributed by atoms with Crippen LogP contribution in [0.4, 0.5) is 10.5 Å². The van der Waals surface area contributed by atoms with Crippen LogP contribution < -0.4 is 15.4 Å². The first-order valence-electron chi connectivity index (χ1n) is 9.79. The Balaban J connectivity index is 1.43. The van der Waals surface area contributed by atoms with Crippen LogP contribution >= 0.6 is 0 Å². The zero-order valence-corrected chi connectivity index (χ0v) is 17.2. The second-order valence-electron chi connectivity index (χ2n) is 6.71. The molecule has 0 aliphatic rings. The first-order chi connectivity index (χ1) is 15.1. The van der Waals surface area contributed by atoms with Gasteiger partial charge in [0.05, 0.1) is 7.11 Å². The molecule has 158 valence electrons. The molecular weight excluding hydrogens is 392 g/mol. The van der Waals surface area contributed by atoms with Gasteiger partial charge in [-0.25, -0.2) is 4.79 Å². The topological polar surface area (TPSA) is 76.7 Å². The third-order valence-corrected chi connectivity index (χ3v) is 4.41. The first-order valence-corrected chi connectivity index (χ1v) is 9.79. The van der Waals surface area contributed by atoms with Crippen LogP contribution in [0.1, 0.15) is 16.7 Å². The second-order valence-corrected chi connectivity index (χ2v) is 6.71. The fraction of sp³-hybridized carbons (Fsp3) is 0.120. The summed E-state index contributed by atoms with van der Waals surface area (Å²) >= 11 is 0. The Morgan fingerprint density at radius 3 is 2.26 bits per heavy atom. The number of anilines is 1. The third-order valence-electron chi connectivity index (χ3n) is 4.41. The summed E-state index contributed by atoms with van der Waals surface area (Å²) < 4.78 is 10.3. The van der Waals surface area contributed by atoms with Crippen LogP contribution in [0.25, 0.3) is 6.08 Å². The van der Waals surface area contributed by atoms with Gasteiger partial charge in [-0.15, -0.1) is 0 Å². The number of carbonyl (C=O) groups is 2. The molecular formula is C25H24N2O4. The Bertz CT molecular complexity index is 1010. The van der Waals surface area contributed by atoms with E-state index >= 15 is 0 Å². The van der Waals surface area contributed by atoms with Gasteiger partial charge in [-0.2, -0.15) is 0 Å². The van der Waals surface area contributed by atoms with Crippen LogP contribution in [0.5, 0.6) is 5.75 Å². The Labute approximate surface area is 181 Å². The van der Waals surface area contributed by atoms with Gasteiger partial charge >= 0.3 is 6.09 Å². The van der Waals surface area contributed by atoms with E-state index in [0.29, 0.717) is 18.8 Å². The number of hydrogen-bond acceptors (Lipinski definition) is 4. The van der Waals surface area contributed by atoms with Gasteiger partial charge in [0, 0.05) is 18.3 Å². The zero-order valence-electron chi connectivity index (χ0n) is 17.2. The minimum atomic E-state index is -0.526. The van der Waals surface area contributed by atoms with E-state index in [4.69, 9.17) is 4.74 Å². The predicted octanol–water partition coefficient (Wildman–Crippen LogP) is 4.77. The maximum Gasteiger partial charge on any atom is 0.411 e. The highest BCUT2D eigenvalue weighted by atomic mass is 16.5. The minimum absolute atomic E-state index is 0.193. The fourth-order valence-electron chi connectivity index (χ4n) is 2.71. The molecule has 0 spiro atoms. The summed E-state index contributed by atoms with van der Waals surface area (Å²) in [5.41, 5.74) is 3.55. The van der Waals surface area contributed by atoms with E-state index in [9.17, 15) is 9.59 Å². The number of benzene rings is 3. The summed E-state index contributed by atoms with van der Waals surface area (Å²) in [5, 5.41) is 5.40. The second kappa shape index (κ2) is 11.2. The van der Waals surface area contributed by atoms with E-state index < -0.39 is 6.09 Å². The van der Waals surface area contributed by atoms with Gasteiger partial charge in [-0.1, -0.05) is 54.6 Å². The average Bonchev–Trinajstić information content (AvgIpc) is 2.82. The van der Waals surface area contributed by atoms with Crippen LogP contribution in [0.2, 0.25) is 0 Å². The molecule has 2 amide bonds. The van der Waals surface area contributed by atoms with Crippen LogP contribution in [0.3, 0.4) is 0 Å². The Kier molecular flexibility index (Phi) is 7.83. The van der Waals surface area contributed by atoms with Crippen LogP contribution in [0.15, 0.2) is 84.9 Å². The lowest BCUT2D eigenvalue weighted by molar-refractivity contribution is -0.116. The maximum atomic E-state index is 12.1. The number of rotatable bonds is 8. The van der Waals surface area contributed by atoms with Crippen molar-refractivity contribution < 1.29 is 19.1 Å². The van der Waals surface area contributed by atoms with Gasteiger partial charge in [0.15, 0.2) is 0 Å². The number of ether oxygens (including phenoxy) is 2. The first kappa shape index (κ1) is 21.6. The summed E-state index contributed by atoms with van der Waals surface area (Å²) in [6, 6.07) is 24.7. The fourth-order valence-corrected chi connectivity index (χ4v) is 2.71. The predicted molar refractivity (Wildman–Crippen MR) is 121 cm³/mol. The van der Waals surface area contributed by atoms with Crippen molar-refractivity contribution in [3.05, 3.63) is 102 Å². The van der Waals surface area contributed by atoms with E-state index in [1.165, 1.54) is 13.2 Å². The van der Waals surface area contributed by atoms with Gasteiger partial charge in [-0.05, 0) is 47.0 Å². The lowest BCUT2D eigenvalue weighted by atomic mass is 10.2. The lowest BCUT2D eigenvalue weighted by Crippen LogP contribution is -2.20. The molecule has 0 fully saturated rings. The summed E-state index contributed by atoms with van der Waals surface area (Å²) in [4.78, 5) is 23.2. The molecule has 0 saturated heterocycles. The SMILES string of the molecule is COC(=O)Nc1ccc(CNC(=O)/C=C/c2ccc(OCc3ccccc3)cc2)cc1. The third kappa shape index (κ3) is 7.36. The molecule has 6 heteroatoms. The van der Waals surface area contributed by atoms with Gasteiger partial charge in [0.25, 0.3) is 0 Å². The van der Waals surface area contributed by atoms with Crippen molar-refractivity contribution >= 4 is 23.8 Å². The molecule has 0 heterocycles. The standard InChI is InChI=1S/C25H24N2O4/c1-30-25(29)27-22-12-7-20(8-13-22)17-26-24(28)16-11-19-9-14-23(15-10-19)31-18-21-5-3-2-4-6-21/h2-16H,17-18H2,1H3,(H,26,28)(H,27,29)/b16-11+. The number of carbonyl (C=O) groups excluding carboxylic acids is 2. The molecule has 0 aliphatic carbocycles. The molecule has 31 heavy (non-hydrogen) atoms. The van der Waals surface area contributed by atoms with E-state index in [0.717, 1.165) is 22.4 Å². The van der Waals surface area contributed by atoms with Gasteiger partial charge in [-0.3, -0.25) is 10.1 Å². The summed E-state index contributed by atoms with van der Waals surface area (Å²) in [5.74, 6) is 0.580. The van der Waals surface area contributed by atoms with Crippen molar-refractivity contribution in [2.75, 3.05) is 12.4 Å². The van der Waals surface area contributed by atoms with E-state index in [1.807, 2.05) is 66.7 Å². The highest BCUT2D eigenvalue weighted by Gasteiger charge is 2.02. The van der Waals surface area contributed by atoms with Gasteiger partial charge in [0.2, 0.25) is 5.91 Å². The Morgan fingerprint density at radius 2 is 1.58 bits per heavy atom. The summed E-state index contributed by atoms with van der Waals surface area (Å²) in [6.07, 6.45) is 2.72. The molecule has 0 bridgehead atoms. The molecule has 0 unspecified atom stereocenters. The molecule has 2 N–H and O–H groups in total. The average molecular weight is 416 g/mol. The molecule has 6 nitrogen and oxygen atoms in total. The monoisotopic (exact) mass is 416 g/mol. The van der Waals surface area contributed by atoms with E-state index in [-0.39, 0.29) is 5.91 Å². The van der Waals surface area contributed by atoms with Crippen molar-refractivity contribution in [2.45, 2.75) is 13.2 Å². The summed E-state index contributed by atoms with van der Waals surface area (Å²) in [6.45, 7) is 0.895. The molecule has 0 aromatic heterocycles. The van der Waals surface area contributed by atoms with Crippen molar-refractivity contribution in [1.29, 1.82) is 0 Å². The Hall–Kier alpha value is -4.06. The molecule has 0 aliphatic heterocycles. The number of nitrogens with one attached hydrogen (secondary N) is 2. The molecule has 0 atom stereocenters. The van der Waals surface area contributed by atoms with Gasteiger partial charge in [0.1, 0.15) is 12.4 Å². The van der Waals surface area contributed by atoms with E-state index in [2.05, 4.69) is 15.4 Å². The lowest BCUT2D eigenvalue weighted by Gasteiger charge is -2.07. The van der Waals surface area contributed by atoms with Crippen molar-refractivity contribution in [3.8, 4) is 5.75 Å². The smallest absolute Gasteiger partial charge is 0.411 e. The van der Waals surface area contributed by atoms with Crippen molar-refractivity contribution in [2.24, 2.45) is 0 Å². The van der Waals surface area contributed by atoms with Crippen LogP contribution in [-0.2, 0) is 22.7 Å². The summed E-state index contributed by atoms with van der Waals surface area (Å²) in [7, 11) is 1.31. The molecule has 3 aromatic rings.